The molecule has 0 aromatic heterocycles. The second-order valence-electron chi connectivity index (χ2n) is 3.61. The third-order valence-corrected chi connectivity index (χ3v) is 2.36. The molecule has 2 unspecified atom stereocenters. The van der Waals surface area contributed by atoms with Crippen molar-refractivity contribution in [2.75, 3.05) is 0 Å². The maximum Gasteiger partial charge on any atom is 0.339 e. The molecule has 0 heterocycles. The zero-order chi connectivity index (χ0) is 13.9. The molecule has 0 radical (unpaired) electrons. The van der Waals surface area contributed by atoms with E-state index in [4.69, 9.17) is 10.4 Å². The SMILES string of the molecule is N#CCC(O)C(O)c1cc(C(=O)O)c(O)cc1O. The van der Waals surface area contributed by atoms with Crippen LogP contribution in [0.3, 0.4) is 0 Å². The number of carboxylic acid groups (broad SMARTS) is 1. The van der Waals surface area contributed by atoms with E-state index >= 15 is 0 Å². The van der Waals surface area contributed by atoms with E-state index in [1.54, 1.807) is 6.07 Å². The van der Waals surface area contributed by atoms with Gasteiger partial charge in [0.2, 0.25) is 0 Å². The van der Waals surface area contributed by atoms with Gasteiger partial charge in [-0.15, -0.1) is 0 Å². The van der Waals surface area contributed by atoms with Crippen LogP contribution in [0.4, 0.5) is 0 Å². The van der Waals surface area contributed by atoms with Crippen LogP contribution in [0.15, 0.2) is 12.1 Å². The Kier molecular flexibility index (Phi) is 4.09. The van der Waals surface area contributed by atoms with Crippen molar-refractivity contribution in [3.63, 3.8) is 0 Å². The van der Waals surface area contributed by atoms with Gasteiger partial charge < -0.3 is 25.5 Å². The normalized spacial score (nSPS) is 13.6. The van der Waals surface area contributed by atoms with Crippen molar-refractivity contribution in [2.24, 2.45) is 0 Å². The number of aliphatic hydroxyl groups excluding tert-OH is 2. The second-order valence-corrected chi connectivity index (χ2v) is 3.61. The van der Waals surface area contributed by atoms with Crippen LogP contribution in [-0.2, 0) is 0 Å². The fourth-order valence-electron chi connectivity index (χ4n) is 1.41. The summed E-state index contributed by atoms with van der Waals surface area (Å²) in [5, 5.41) is 55.0. The van der Waals surface area contributed by atoms with E-state index in [0.29, 0.717) is 0 Å². The molecule has 0 fully saturated rings. The molecule has 0 aliphatic heterocycles. The highest BCUT2D eigenvalue weighted by Gasteiger charge is 2.24. The number of rotatable bonds is 4. The number of phenolic OH excluding ortho intramolecular Hbond substituents is 1. The van der Waals surface area contributed by atoms with Gasteiger partial charge in [0.25, 0.3) is 0 Å². The number of nitriles is 1. The molecule has 96 valence electrons. The quantitative estimate of drug-likeness (QED) is 0.512. The molecule has 1 aromatic carbocycles. The summed E-state index contributed by atoms with van der Waals surface area (Å²) >= 11 is 0. The Morgan fingerprint density at radius 2 is 1.89 bits per heavy atom. The summed E-state index contributed by atoms with van der Waals surface area (Å²) in [6, 6.07) is 3.23. The maximum absolute atomic E-state index is 10.8. The summed E-state index contributed by atoms with van der Waals surface area (Å²) in [6.07, 6.45) is -3.47. The third kappa shape index (κ3) is 2.68. The third-order valence-electron chi connectivity index (χ3n) is 2.36. The Morgan fingerprint density at radius 3 is 2.39 bits per heavy atom. The highest BCUT2D eigenvalue weighted by atomic mass is 16.4. The van der Waals surface area contributed by atoms with E-state index in [-0.39, 0.29) is 12.0 Å². The first-order chi connectivity index (χ1) is 8.38. The van der Waals surface area contributed by atoms with Crippen LogP contribution in [0.5, 0.6) is 11.5 Å². The molecule has 5 N–H and O–H groups in total. The van der Waals surface area contributed by atoms with Gasteiger partial charge in [-0.3, -0.25) is 0 Å². The molecule has 0 saturated carbocycles. The van der Waals surface area contributed by atoms with Gasteiger partial charge in [-0.05, 0) is 6.07 Å². The van der Waals surface area contributed by atoms with E-state index in [9.17, 15) is 25.2 Å². The predicted molar refractivity (Wildman–Crippen MR) is 57.9 cm³/mol. The lowest BCUT2D eigenvalue weighted by Crippen LogP contribution is -2.18. The number of aliphatic hydroxyl groups is 2. The van der Waals surface area contributed by atoms with Gasteiger partial charge >= 0.3 is 5.97 Å². The van der Waals surface area contributed by atoms with Gasteiger partial charge in [0.15, 0.2) is 0 Å². The van der Waals surface area contributed by atoms with E-state index < -0.39 is 35.2 Å². The van der Waals surface area contributed by atoms with Gasteiger partial charge in [-0.2, -0.15) is 5.26 Å². The minimum Gasteiger partial charge on any atom is -0.507 e. The van der Waals surface area contributed by atoms with Crippen LogP contribution in [0.2, 0.25) is 0 Å². The Balaban J connectivity index is 3.20. The van der Waals surface area contributed by atoms with Crippen molar-refractivity contribution in [2.45, 2.75) is 18.6 Å². The predicted octanol–water partition coefficient (Wildman–Crippen LogP) is 0.104. The number of hydrogen-bond acceptors (Lipinski definition) is 6. The van der Waals surface area contributed by atoms with Gasteiger partial charge in [0.05, 0.1) is 18.6 Å². The molecule has 0 spiro atoms. The number of phenols is 2. The van der Waals surface area contributed by atoms with E-state index in [2.05, 4.69) is 0 Å². The van der Waals surface area contributed by atoms with Crippen molar-refractivity contribution in [3.8, 4) is 17.6 Å². The summed E-state index contributed by atoms with van der Waals surface area (Å²) in [5.74, 6) is -2.68. The molecule has 7 heteroatoms. The first-order valence-corrected chi connectivity index (χ1v) is 4.90. The molecule has 7 nitrogen and oxygen atoms in total. The van der Waals surface area contributed by atoms with Gasteiger partial charge in [0.1, 0.15) is 23.2 Å². The summed E-state index contributed by atoms with van der Waals surface area (Å²) in [5.41, 5.74) is -0.793. The molecular formula is C11H11NO6. The zero-order valence-corrected chi connectivity index (χ0v) is 9.11. The lowest BCUT2D eigenvalue weighted by atomic mass is 9.99. The lowest BCUT2D eigenvalue weighted by molar-refractivity contribution is 0.0201. The van der Waals surface area contributed by atoms with Crippen molar-refractivity contribution >= 4 is 5.97 Å². The molecule has 1 aromatic rings. The number of carbonyl (C=O) groups is 1. The number of aromatic carboxylic acids is 1. The number of carboxylic acids is 1. The fraction of sp³-hybridized carbons (Fsp3) is 0.273. The topological polar surface area (TPSA) is 142 Å². The monoisotopic (exact) mass is 253 g/mol. The smallest absolute Gasteiger partial charge is 0.339 e. The van der Waals surface area contributed by atoms with Crippen LogP contribution < -0.4 is 0 Å². The molecule has 2 atom stereocenters. The minimum absolute atomic E-state index is 0.270. The summed E-state index contributed by atoms with van der Waals surface area (Å²) in [4.78, 5) is 10.8. The molecule has 1 rings (SSSR count). The van der Waals surface area contributed by atoms with Crippen molar-refractivity contribution in [1.29, 1.82) is 5.26 Å². The Hall–Kier alpha value is -2.30. The summed E-state index contributed by atoms with van der Waals surface area (Å²) in [7, 11) is 0. The standard InChI is InChI=1S/C11H11NO6/c12-2-1-7(13)10(16)5-3-6(11(17)18)9(15)4-8(5)14/h3-4,7,10,13-16H,1H2,(H,17,18). The zero-order valence-electron chi connectivity index (χ0n) is 9.11. The Morgan fingerprint density at radius 1 is 1.28 bits per heavy atom. The first-order valence-electron chi connectivity index (χ1n) is 4.90. The van der Waals surface area contributed by atoms with Crippen LogP contribution in [0.25, 0.3) is 0 Å². The van der Waals surface area contributed by atoms with Crippen molar-refractivity contribution < 1.29 is 30.3 Å². The summed E-state index contributed by atoms with van der Waals surface area (Å²) in [6.45, 7) is 0. The number of benzene rings is 1. The second kappa shape index (κ2) is 5.35. The first kappa shape index (κ1) is 13.8. The number of hydrogen-bond donors (Lipinski definition) is 5. The fourth-order valence-corrected chi connectivity index (χ4v) is 1.41. The average molecular weight is 253 g/mol. The van der Waals surface area contributed by atoms with E-state index in [0.717, 1.165) is 12.1 Å². The van der Waals surface area contributed by atoms with Crippen LogP contribution in [0.1, 0.15) is 28.4 Å². The molecule has 0 aliphatic rings. The molecule has 0 aliphatic carbocycles. The Bertz CT molecular complexity index is 507. The van der Waals surface area contributed by atoms with E-state index in [1.807, 2.05) is 0 Å². The Labute approximate surface area is 102 Å². The number of aromatic hydroxyl groups is 2. The highest BCUT2D eigenvalue weighted by molar-refractivity contribution is 5.91. The lowest BCUT2D eigenvalue weighted by Gasteiger charge is -2.17. The van der Waals surface area contributed by atoms with E-state index in [1.165, 1.54) is 0 Å². The molecule has 0 amide bonds. The molecule has 0 bridgehead atoms. The van der Waals surface area contributed by atoms with Crippen molar-refractivity contribution in [1.82, 2.24) is 0 Å². The van der Waals surface area contributed by atoms with Gasteiger partial charge in [0, 0.05) is 11.6 Å². The van der Waals surface area contributed by atoms with Crippen LogP contribution >= 0.6 is 0 Å². The molecule has 18 heavy (non-hydrogen) atoms. The molecular weight excluding hydrogens is 242 g/mol. The van der Waals surface area contributed by atoms with Crippen LogP contribution in [-0.4, -0.2) is 37.6 Å². The minimum atomic E-state index is -1.62. The maximum atomic E-state index is 10.8. The number of nitrogens with zero attached hydrogens (tertiary/aromatic N) is 1. The van der Waals surface area contributed by atoms with Crippen LogP contribution in [0, 0.1) is 11.3 Å². The highest BCUT2D eigenvalue weighted by Crippen LogP contribution is 2.33. The van der Waals surface area contributed by atoms with Gasteiger partial charge in [-0.1, -0.05) is 0 Å². The van der Waals surface area contributed by atoms with Crippen molar-refractivity contribution in [3.05, 3.63) is 23.3 Å². The molecule has 0 saturated heterocycles. The van der Waals surface area contributed by atoms with Gasteiger partial charge in [-0.25, -0.2) is 4.79 Å². The summed E-state index contributed by atoms with van der Waals surface area (Å²) < 4.78 is 0. The average Bonchev–Trinajstić information content (AvgIpc) is 2.28. The largest absolute Gasteiger partial charge is 0.507 e.